The second-order valence-electron chi connectivity index (χ2n) is 7.06. The largest absolute Gasteiger partial charge is 0.489 e. The maximum atomic E-state index is 12.9. The lowest BCUT2D eigenvalue weighted by molar-refractivity contribution is -0.120. The number of H-pyrrole nitrogens is 1. The molecule has 31 heavy (non-hydrogen) atoms. The second kappa shape index (κ2) is 8.71. The Labute approximate surface area is 179 Å². The molecule has 0 bridgehead atoms. The summed E-state index contributed by atoms with van der Waals surface area (Å²) >= 11 is 0. The van der Waals surface area contributed by atoms with Crippen molar-refractivity contribution in [2.24, 2.45) is 0 Å². The van der Waals surface area contributed by atoms with Gasteiger partial charge in [-0.05, 0) is 30.7 Å². The standard InChI is InChI=1S/C23H21N5O3/c1-3-7-15-10-11-19-18(12-15)28(2)23(30)17(14-31-19)24-22(29)21-25-20(26-27-21)13-16-8-5-4-6-9-16/h4-6,8-12,17H,13-14H2,1-2H3,(H,24,29)(H,25,26,27)/t17-/m1/s1. The van der Waals surface area contributed by atoms with Crippen LogP contribution in [0.1, 0.15) is 34.5 Å². The van der Waals surface area contributed by atoms with Gasteiger partial charge in [-0.25, -0.2) is 4.98 Å². The number of aromatic amines is 1. The van der Waals surface area contributed by atoms with E-state index in [1.165, 1.54) is 4.90 Å². The van der Waals surface area contributed by atoms with Crippen molar-refractivity contribution in [2.45, 2.75) is 19.4 Å². The summed E-state index contributed by atoms with van der Waals surface area (Å²) in [4.78, 5) is 31.3. The average molecular weight is 415 g/mol. The molecule has 0 saturated carbocycles. The van der Waals surface area contributed by atoms with E-state index in [0.717, 1.165) is 11.1 Å². The molecule has 1 aliphatic heterocycles. The van der Waals surface area contributed by atoms with Crippen molar-refractivity contribution in [1.82, 2.24) is 20.5 Å². The number of rotatable bonds is 4. The van der Waals surface area contributed by atoms with Crippen LogP contribution in [0, 0.1) is 11.8 Å². The molecule has 2 N–H and O–H groups in total. The first kappa shape index (κ1) is 20.2. The number of fused-ring (bicyclic) bond motifs is 1. The third kappa shape index (κ3) is 4.41. The van der Waals surface area contributed by atoms with Gasteiger partial charge in [-0.1, -0.05) is 36.3 Å². The molecule has 3 aromatic rings. The number of likely N-dealkylation sites (N-methyl/N-ethyl adjacent to an activating group) is 1. The fourth-order valence-electron chi connectivity index (χ4n) is 3.31. The van der Waals surface area contributed by atoms with E-state index in [1.807, 2.05) is 36.4 Å². The number of benzene rings is 2. The number of amides is 2. The number of ether oxygens (including phenoxy) is 1. The van der Waals surface area contributed by atoms with E-state index in [9.17, 15) is 9.59 Å². The molecule has 2 aromatic carbocycles. The molecule has 1 aromatic heterocycles. The molecule has 156 valence electrons. The topological polar surface area (TPSA) is 100 Å². The van der Waals surface area contributed by atoms with Crippen molar-refractivity contribution < 1.29 is 14.3 Å². The number of carbonyl (C=O) groups excluding carboxylic acids is 2. The normalized spacial score (nSPS) is 15.2. The van der Waals surface area contributed by atoms with Crippen LogP contribution in [0.25, 0.3) is 0 Å². The van der Waals surface area contributed by atoms with E-state index in [1.54, 1.807) is 26.1 Å². The fraction of sp³-hybridized carbons (Fsp3) is 0.217. The van der Waals surface area contributed by atoms with E-state index >= 15 is 0 Å². The van der Waals surface area contributed by atoms with Gasteiger partial charge in [0.05, 0.1) is 5.69 Å². The van der Waals surface area contributed by atoms with Gasteiger partial charge in [-0.2, -0.15) is 0 Å². The van der Waals surface area contributed by atoms with Crippen LogP contribution in [0.3, 0.4) is 0 Å². The third-order valence-electron chi connectivity index (χ3n) is 4.88. The minimum Gasteiger partial charge on any atom is -0.489 e. The van der Waals surface area contributed by atoms with Crippen molar-refractivity contribution in [1.29, 1.82) is 0 Å². The Bertz CT molecular complexity index is 1180. The number of carbonyl (C=O) groups is 2. The summed E-state index contributed by atoms with van der Waals surface area (Å²) in [7, 11) is 1.64. The molecule has 8 nitrogen and oxygen atoms in total. The van der Waals surface area contributed by atoms with Crippen molar-refractivity contribution in [3.63, 3.8) is 0 Å². The smallest absolute Gasteiger partial charge is 0.291 e. The van der Waals surface area contributed by atoms with Crippen LogP contribution in [-0.4, -0.2) is 46.7 Å². The summed E-state index contributed by atoms with van der Waals surface area (Å²) in [6.45, 7) is 1.75. The molecular formula is C23H21N5O3. The van der Waals surface area contributed by atoms with Crippen molar-refractivity contribution >= 4 is 17.5 Å². The predicted molar refractivity (Wildman–Crippen MR) is 115 cm³/mol. The highest BCUT2D eigenvalue weighted by Gasteiger charge is 2.31. The first-order valence-corrected chi connectivity index (χ1v) is 9.78. The molecule has 0 aliphatic carbocycles. The fourth-order valence-corrected chi connectivity index (χ4v) is 3.31. The van der Waals surface area contributed by atoms with Crippen LogP contribution < -0.4 is 15.0 Å². The van der Waals surface area contributed by atoms with E-state index in [2.05, 4.69) is 32.3 Å². The zero-order chi connectivity index (χ0) is 21.8. The van der Waals surface area contributed by atoms with Gasteiger partial charge in [-0.3, -0.25) is 14.7 Å². The lowest BCUT2D eigenvalue weighted by Crippen LogP contribution is -2.49. The number of nitrogens with zero attached hydrogens (tertiary/aromatic N) is 3. The van der Waals surface area contributed by atoms with E-state index in [4.69, 9.17) is 4.74 Å². The predicted octanol–water partition coefficient (Wildman–Crippen LogP) is 1.92. The van der Waals surface area contributed by atoms with Crippen LogP contribution in [0.4, 0.5) is 5.69 Å². The average Bonchev–Trinajstić information content (AvgIpc) is 3.21. The Morgan fingerprint density at radius 3 is 2.87 bits per heavy atom. The number of hydrogen-bond acceptors (Lipinski definition) is 5. The minimum absolute atomic E-state index is 0.00200. The van der Waals surface area contributed by atoms with Gasteiger partial charge in [0.1, 0.15) is 24.2 Å². The van der Waals surface area contributed by atoms with Crippen LogP contribution in [0.2, 0.25) is 0 Å². The third-order valence-corrected chi connectivity index (χ3v) is 4.88. The first-order chi connectivity index (χ1) is 15.0. The summed E-state index contributed by atoms with van der Waals surface area (Å²) in [6.07, 6.45) is 0.521. The van der Waals surface area contributed by atoms with Gasteiger partial charge < -0.3 is 15.0 Å². The van der Waals surface area contributed by atoms with E-state index in [-0.39, 0.29) is 18.3 Å². The number of aromatic nitrogens is 3. The maximum Gasteiger partial charge on any atom is 0.291 e. The molecule has 2 heterocycles. The van der Waals surface area contributed by atoms with Crippen molar-refractivity contribution in [3.05, 3.63) is 71.3 Å². The number of anilines is 1. The Morgan fingerprint density at radius 2 is 2.10 bits per heavy atom. The lowest BCUT2D eigenvalue weighted by atomic mass is 10.1. The minimum atomic E-state index is -0.873. The molecule has 8 heteroatoms. The Morgan fingerprint density at radius 1 is 1.29 bits per heavy atom. The van der Waals surface area contributed by atoms with Gasteiger partial charge in [0.15, 0.2) is 0 Å². The molecule has 0 fully saturated rings. The lowest BCUT2D eigenvalue weighted by Gasteiger charge is -2.20. The monoisotopic (exact) mass is 415 g/mol. The zero-order valence-electron chi connectivity index (χ0n) is 17.2. The van der Waals surface area contributed by atoms with Crippen LogP contribution in [-0.2, 0) is 11.2 Å². The molecule has 1 atom stereocenters. The summed E-state index contributed by atoms with van der Waals surface area (Å²) in [5, 5.41) is 9.44. The van der Waals surface area contributed by atoms with Gasteiger partial charge >= 0.3 is 0 Å². The molecule has 0 saturated heterocycles. The van der Waals surface area contributed by atoms with Crippen molar-refractivity contribution in [2.75, 3.05) is 18.6 Å². The highest BCUT2D eigenvalue weighted by Crippen LogP contribution is 2.31. The summed E-state index contributed by atoms with van der Waals surface area (Å²) in [6, 6.07) is 14.3. The summed E-state index contributed by atoms with van der Waals surface area (Å²) < 4.78 is 5.78. The molecule has 2 amide bonds. The summed E-state index contributed by atoms with van der Waals surface area (Å²) in [5.74, 6) is 6.05. The Hall–Kier alpha value is -4.12. The van der Waals surface area contributed by atoms with E-state index < -0.39 is 11.9 Å². The van der Waals surface area contributed by atoms with Crippen LogP contribution >= 0.6 is 0 Å². The van der Waals surface area contributed by atoms with Crippen LogP contribution in [0.15, 0.2) is 48.5 Å². The van der Waals surface area contributed by atoms with Gasteiger partial charge in [-0.15, -0.1) is 11.0 Å². The van der Waals surface area contributed by atoms with Crippen LogP contribution in [0.5, 0.6) is 5.75 Å². The quantitative estimate of drug-likeness (QED) is 0.634. The van der Waals surface area contributed by atoms with Crippen molar-refractivity contribution in [3.8, 4) is 17.6 Å². The van der Waals surface area contributed by atoms with Gasteiger partial charge in [0.2, 0.25) is 5.82 Å². The maximum absolute atomic E-state index is 12.9. The van der Waals surface area contributed by atoms with Gasteiger partial charge in [0.25, 0.3) is 11.8 Å². The molecular weight excluding hydrogens is 394 g/mol. The summed E-state index contributed by atoms with van der Waals surface area (Å²) in [5.41, 5.74) is 2.42. The highest BCUT2D eigenvalue weighted by atomic mass is 16.5. The number of hydrogen-bond donors (Lipinski definition) is 2. The first-order valence-electron chi connectivity index (χ1n) is 9.78. The molecule has 0 unspecified atom stereocenters. The van der Waals surface area contributed by atoms with Gasteiger partial charge in [0, 0.05) is 19.0 Å². The Kier molecular flexibility index (Phi) is 5.67. The SMILES string of the molecule is CC#Cc1ccc2c(c1)N(C)C(=O)[C@H](NC(=O)c1n[nH]c(Cc3ccccc3)n1)CO2. The molecule has 4 rings (SSSR count). The number of nitrogens with one attached hydrogen (secondary N) is 2. The second-order valence-corrected chi connectivity index (χ2v) is 7.06. The highest BCUT2D eigenvalue weighted by molar-refractivity contribution is 6.02. The molecule has 0 radical (unpaired) electrons. The Balaban J connectivity index is 1.46. The molecule has 1 aliphatic rings. The molecule has 0 spiro atoms. The van der Waals surface area contributed by atoms with E-state index in [0.29, 0.717) is 23.7 Å². The zero-order valence-corrected chi connectivity index (χ0v) is 17.2.